The zero-order chi connectivity index (χ0) is 21.4. The summed E-state index contributed by atoms with van der Waals surface area (Å²) in [6.07, 6.45) is 8.36. The van der Waals surface area contributed by atoms with Gasteiger partial charge in [0.15, 0.2) is 0 Å². The van der Waals surface area contributed by atoms with E-state index in [2.05, 4.69) is 89.9 Å². The van der Waals surface area contributed by atoms with Crippen LogP contribution in [0.1, 0.15) is 41.7 Å². The molecule has 0 amide bonds. The molecule has 0 bridgehead atoms. The number of rotatable bonds is 5. The fourth-order valence-corrected chi connectivity index (χ4v) is 9.40. The molecule has 0 radical (unpaired) electrons. The molecule has 29 heavy (non-hydrogen) atoms. The summed E-state index contributed by atoms with van der Waals surface area (Å²) in [5, 5.41) is 0. The van der Waals surface area contributed by atoms with Crippen LogP contribution in [-0.2, 0) is 18.4 Å². The van der Waals surface area contributed by atoms with Crippen LogP contribution in [0.15, 0.2) is 79.1 Å². The van der Waals surface area contributed by atoms with E-state index in [9.17, 15) is 0 Å². The van der Waals surface area contributed by atoms with Gasteiger partial charge in [-0.1, -0.05) is 45.6 Å². The van der Waals surface area contributed by atoms with Crippen LogP contribution in [0, 0.1) is 12.3 Å². The van der Waals surface area contributed by atoms with Crippen molar-refractivity contribution in [2.45, 2.75) is 45.0 Å². The molecule has 1 aliphatic carbocycles. The van der Waals surface area contributed by atoms with Crippen molar-refractivity contribution in [1.29, 1.82) is 0 Å². The predicted molar refractivity (Wildman–Crippen MR) is 127 cm³/mol. The van der Waals surface area contributed by atoms with Crippen molar-refractivity contribution >= 4 is 12.7 Å². The molecule has 1 unspecified atom stereocenters. The molecule has 152 valence electrons. The van der Waals surface area contributed by atoms with Crippen molar-refractivity contribution in [1.82, 2.24) is 0 Å². The third-order valence-electron chi connectivity index (χ3n) is 4.71. The molecule has 2 aromatic carbocycles. The van der Waals surface area contributed by atoms with Gasteiger partial charge in [-0.05, 0) is 35.6 Å². The van der Waals surface area contributed by atoms with Gasteiger partial charge in [0.25, 0.3) is 0 Å². The van der Waals surface area contributed by atoms with Gasteiger partial charge in [-0.25, -0.2) is 0 Å². The van der Waals surface area contributed by atoms with Crippen LogP contribution in [-0.4, -0.2) is 6.66 Å². The summed E-state index contributed by atoms with van der Waals surface area (Å²) < 4.78 is 6.48. The van der Waals surface area contributed by atoms with Gasteiger partial charge in [-0.15, -0.1) is 0 Å². The minimum atomic E-state index is -0.309. The topological polar surface area (TPSA) is 9.23 Å². The monoisotopic (exact) mass is 438 g/mol. The van der Waals surface area contributed by atoms with Crippen molar-refractivity contribution in [3.63, 3.8) is 0 Å². The van der Waals surface area contributed by atoms with Crippen molar-refractivity contribution in [2.75, 3.05) is 0 Å². The van der Waals surface area contributed by atoms with Gasteiger partial charge in [0.1, 0.15) is 5.75 Å². The summed E-state index contributed by atoms with van der Waals surface area (Å²) in [6.45, 7) is 16.9. The van der Waals surface area contributed by atoms with Crippen molar-refractivity contribution < 1.29 is 23.1 Å². The molecule has 0 aliphatic heterocycles. The van der Waals surface area contributed by atoms with Crippen molar-refractivity contribution in [3.05, 3.63) is 95.8 Å². The molecule has 0 heterocycles. The Balaban J connectivity index is 0.000000211. The van der Waals surface area contributed by atoms with Crippen LogP contribution in [0.5, 0.6) is 5.75 Å². The first-order valence-electron chi connectivity index (χ1n) is 10.3. The molecule has 1 atom stereocenters. The van der Waals surface area contributed by atoms with Gasteiger partial charge in [0.2, 0.25) is 0 Å². The van der Waals surface area contributed by atoms with Gasteiger partial charge in [-0.3, -0.25) is 0 Å². The number of hydrogen-bond acceptors (Lipinski definition) is 1. The van der Waals surface area contributed by atoms with E-state index in [0.29, 0.717) is 18.4 Å². The van der Waals surface area contributed by atoms with E-state index >= 15 is 0 Å². The van der Waals surface area contributed by atoms with Gasteiger partial charge in [-0.2, -0.15) is 0 Å². The maximum absolute atomic E-state index is 5.63. The third-order valence-corrected chi connectivity index (χ3v) is 11.3. The molecule has 0 saturated heterocycles. The number of allylic oxidation sites excluding steroid dienone is 3. The number of benzene rings is 2. The van der Waals surface area contributed by atoms with E-state index in [1.807, 2.05) is 24.3 Å². The van der Waals surface area contributed by atoms with Gasteiger partial charge in [0.05, 0.1) is 6.26 Å². The van der Waals surface area contributed by atoms with Crippen LogP contribution in [0.3, 0.4) is 0 Å². The molecular formula is C26H34OSiTi. The Morgan fingerprint density at radius 3 is 2.45 bits per heavy atom. The summed E-state index contributed by atoms with van der Waals surface area (Å²) in [5.41, 5.74) is 5.41. The Kier molecular flexibility index (Phi) is 8.95. The van der Waals surface area contributed by atoms with E-state index < -0.39 is 0 Å². The number of aryl methyl sites for hydroxylation is 1. The summed E-state index contributed by atoms with van der Waals surface area (Å²) in [7, 11) is 0. The van der Waals surface area contributed by atoms with Crippen LogP contribution in [0.25, 0.3) is 6.08 Å². The molecule has 3 rings (SSSR count). The summed E-state index contributed by atoms with van der Waals surface area (Å²) in [4.78, 5) is 0. The normalized spacial score (nSPS) is 15.4. The molecule has 3 heteroatoms. The fraction of sp³-hybridized carbons (Fsp3) is 0.308. The second-order valence-electron chi connectivity index (χ2n) is 8.75. The first-order chi connectivity index (χ1) is 13.7. The second kappa shape index (κ2) is 11.0. The number of ether oxygens (including phenoxy) is 1. The molecule has 2 aromatic rings. The Morgan fingerprint density at radius 2 is 1.83 bits per heavy atom. The Labute approximate surface area is 187 Å². The van der Waals surface area contributed by atoms with Gasteiger partial charge < -0.3 is 4.74 Å². The molecular weight excluding hydrogens is 404 g/mol. The van der Waals surface area contributed by atoms with E-state index in [4.69, 9.17) is 4.74 Å². The van der Waals surface area contributed by atoms with E-state index in [0.717, 1.165) is 15.5 Å². The van der Waals surface area contributed by atoms with E-state index in [1.54, 1.807) is 11.8 Å². The molecule has 0 fully saturated rings. The molecule has 0 spiro atoms. The van der Waals surface area contributed by atoms with E-state index in [-0.39, 0.29) is 12.1 Å². The molecule has 0 saturated carbocycles. The summed E-state index contributed by atoms with van der Waals surface area (Å²) in [5.74, 6) is 0.864. The first-order valence-corrected chi connectivity index (χ1v) is 16.8. The van der Waals surface area contributed by atoms with Crippen molar-refractivity contribution in [3.8, 4) is 5.75 Å². The van der Waals surface area contributed by atoms with Crippen LogP contribution >= 0.6 is 0 Å². The Bertz CT molecular complexity index is 874. The SMILES string of the molecule is C=CC(=COc1cccc(C)c1)C(C)(C)C.C[SiH](C)[Ti][CH]1C=Cc2ccccc21. The molecule has 1 nitrogen and oxygen atoms in total. The quantitative estimate of drug-likeness (QED) is 0.270. The second-order valence-corrected chi connectivity index (χ2v) is 19.3. The van der Waals surface area contributed by atoms with Crippen LogP contribution < -0.4 is 4.74 Å². The maximum atomic E-state index is 5.63. The van der Waals surface area contributed by atoms with Crippen LogP contribution in [0.4, 0.5) is 0 Å². The summed E-state index contributed by atoms with van der Waals surface area (Å²) >= 11 is 0.290. The Morgan fingerprint density at radius 1 is 1.10 bits per heavy atom. The number of fused-ring (bicyclic) bond motifs is 1. The zero-order valence-corrected chi connectivity index (χ0v) is 21.4. The van der Waals surface area contributed by atoms with Crippen molar-refractivity contribution in [2.24, 2.45) is 5.41 Å². The Hall–Kier alpha value is -1.61. The average Bonchev–Trinajstić information content (AvgIpc) is 3.04. The number of hydrogen-bond donors (Lipinski definition) is 0. The first kappa shape index (κ1) is 23.7. The zero-order valence-electron chi connectivity index (χ0n) is 18.7. The molecule has 0 N–H and O–H groups in total. The summed E-state index contributed by atoms with van der Waals surface area (Å²) in [6, 6.07) is 16.9. The van der Waals surface area contributed by atoms with Gasteiger partial charge in [0, 0.05) is 0 Å². The minimum absolute atomic E-state index is 0.0611. The average molecular weight is 439 g/mol. The molecule has 1 aliphatic rings. The van der Waals surface area contributed by atoms with E-state index in [1.165, 1.54) is 11.1 Å². The van der Waals surface area contributed by atoms with Crippen LogP contribution in [0.2, 0.25) is 13.1 Å². The predicted octanol–water partition coefficient (Wildman–Crippen LogP) is 7.31. The van der Waals surface area contributed by atoms with Gasteiger partial charge >= 0.3 is 89.9 Å². The fourth-order valence-electron chi connectivity index (χ4n) is 3.11. The third kappa shape index (κ3) is 7.62. The molecule has 0 aromatic heterocycles. The standard InChI is InChI=1S/C15H20O.C9H7.C2H7Si.Ti/c1-6-13(15(3,4)5)11-16-14-9-7-8-12(2)10-14;1-2-5-9-7-3-6-8(9)4-1;1-3-2;/h6-11H,1H2,2-5H3;1-7H;3H,1-2H3;.